The maximum Gasteiger partial charge on any atom is 0.296 e. The zero-order valence-electron chi connectivity index (χ0n) is 16.9. The summed E-state index contributed by atoms with van der Waals surface area (Å²) in [6, 6.07) is 13.5. The van der Waals surface area contributed by atoms with Gasteiger partial charge in [0.2, 0.25) is 0 Å². The number of thiazole rings is 1. The number of rotatable bonds is 5. The van der Waals surface area contributed by atoms with E-state index in [2.05, 4.69) is 0 Å². The normalized spacial score (nSPS) is 16.4. The molecule has 0 N–H and O–H groups in total. The second kappa shape index (κ2) is 7.74. The smallest absolute Gasteiger partial charge is 0.296 e. The molecule has 1 fully saturated rings. The molecule has 0 aliphatic carbocycles. The second-order valence-electron chi connectivity index (χ2n) is 7.43. The van der Waals surface area contributed by atoms with Crippen molar-refractivity contribution in [3.8, 4) is 5.75 Å². The summed E-state index contributed by atoms with van der Waals surface area (Å²) in [6.07, 6.45) is 1.95. The van der Waals surface area contributed by atoms with Crippen LogP contribution in [0.1, 0.15) is 29.0 Å². The molecular formula is C23H22N2O4S. The number of aryl methyl sites for hydroxylation is 1. The van der Waals surface area contributed by atoms with Gasteiger partial charge in [-0.25, -0.2) is 4.98 Å². The number of benzene rings is 2. The number of amides is 1. The SMILES string of the molecule is COc1ccc2oc(C(=O)N(CC3CCCO3)c3nc4ccccc4s3)c(C)c2c1. The lowest BCUT2D eigenvalue weighted by molar-refractivity contribution is 0.0896. The number of carbonyl (C=O) groups excluding carboxylic acids is 1. The largest absolute Gasteiger partial charge is 0.497 e. The van der Waals surface area contributed by atoms with Crippen LogP contribution in [0.2, 0.25) is 0 Å². The highest BCUT2D eigenvalue weighted by Gasteiger charge is 2.30. The molecule has 1 unspecified atom stereocenters. The zero-order chi connectivity index (χ0) is 20.7. The van der Waals surface area contributed by atoms with E-state index in [4.69, 9.17) is 18.9 Å². The van der Waals surface area contributed by atoms with Crippen LogP contribution in [0, 0.1) is 6.92 Å². The van der Waals surface area contributed by atoms with Gasteiger partial charge in [0.25, 0.3) is 5.91 Å². The molecule has 5 rings (SSSR count). The molecule has 1 saturated heterocycles. The topological polar surface area (TPSA) is 64.8 Å². The van der Waals surface area contributed by atoms with E-state index in [1.54, 1.807) is 12.0 Å². The summed E-state index contributed by atoms with van der Waals surface area (Å²) in [5.41, 5.74) is 2.35. The van der Waals surface area contributed by atoms with Crippen molar-refractivity contribution in [2.75, 3.05) is 25.2 Å². The summed E-state index contributed by atoms with van der Waals surface area (Å²) in [4.78, 5) is 20.1. The number of aromatic nitrogens is 1. The average molecular weight is 423 g/mol. The van der Waals surface area contributed by atoms with Crippen molar-refractivity contribution in [2.24, 2.45) is 0 Å². The lowest BCUT2D eigenvalue weighted by Crippen LogP contribution is -2.37. The van der Waals surface area contributed by atoms with Crippen LogP contribution in [0.5, 0.6) is 5.75 Å². The molecule has 1 amide bonds. The summed E-state index contributed by atoms with van der Waals surface area (Å²) in [7, 11) is 1.62. The van der Waals surface area contributed by atoms with Gasteiger partial charge >= 0.3 is 0 Å². The molecule has 6 nitrogen and oxygen atoms in total. The first-order chi connectivity index (χ1) is 14.6. The Hall–Kier alpha value is -2.90. The highest BCUT2D eigenvalue weighted by Crippen LogP contribution is 2.34. The van der Waals surface area contributed by atoms with Gasteiger partial charge in [-0.15, -0.1) is 0 Å². The molecule has 30 heavy (non-hydrogen) atoms. The Labute approximate surface area is 178 Å². The van der Waals surface area contributed by atoms with E-state index in [0.717, 1.165) is 46.4 Å². The summed E-state index contributed by atoms with van der Waals surface area (Å²) >= 11 is 1.51. The van der Waals surface area contributed by atoms with Gasteiger partial charge in [0.1, 0.15) is 11.3 Å². The van der Waals surface area contributed by atoms with Gasteiger partial charge in [-0.1, -0.05) is 23.5 Å². The Kier molecular flexibility index (Phi) is 4.92. The number of ether oxygens (including phenoxy) is 2. The lowest BCUT2D eigenvalue weighted by Gasteiger charge is -2.22. The number of para-hydroxylation sites is 1. The van der Waals surface area contributed by atoms with Crippen molar-refractivity contribution in [1.29, 1.82) is 0 Å². The van der Waals surface area contributed by atoms with Crippen molar-refractivity contribution in [2.45, 2.75) is 25.9 Å². The molecule has 0 spiro atoms. The highest BCUT2D eigenvalue weighted by atomic mass is 32.1. The molecule has 0 saturated carbocycles. The minimum atomic E-state index is -0.197. The fourth-order valence-electron chi connectivity index (χ4n) is 3.87. The number of fused-ring (bicyclic) bond motifs is 2. The van der Waals surface area contributed by atoms with E-state index in [1.807, 2.05) is 49.4 Å². The van der Waals surface area contributed by atoms with Gasteiger partial charge in [0.05, 0.1) is 30.0 Å². The van der Waals surface area contributed by atoms with Crippen LogP contribution in [0.15, 0.2) is 46.9 Å². The highest BCUT2D eigenvalue weighted by molar-refractivity contribution is 7.22. The predicted molar refractivity (Wildman–Crippen MR) is 118 cm³/mol. The fraction of sp³-hybridized carbons (Fsp3) is 0.304. The van der Waals surface area contributed by atoms with E-state index in [9.17, 15) is 4.79 Å². The van der Waals surface area contributed by atoms with Gasteiger partial charge in [-0.05, 0) is 50.1 Å². The maximum absolute atomic E-state index is 13.7. The number of anilines is 1. The van der Waals surface area contributed by atoms with Gasteiger partial charge in [-0.3, -0.25) is 9.69 Å². The summed E-state index contributed by atoms with van der Waals surface area (Å²) in [6.45, 7) is 3.09. The molecule has 1 aliphatic heterocycles. The molecule has 1 aliphatic rings. The summed E-state index contributed by atoms with van der Waals surface area (Å²) in [5.74, 6) is 0.862. The second-order valence-corrected chi connectivity index (χ2v) is 8.44. The Morgan fingerprint density at radius 3 is 2.93 bits per heavy atom. The summed E-state index contributed by atoms with van der Waals surface area (Å²) in [5, 5.41) is 1.54. The molecule has 0 bridgehead atoms. The first kappa shape index (κ1) is 19.1. The third kappa shape index (κ3) is 3.34. The number of furan rings is 1. The van der Waals surface area contributed by atoms with E-state index >= 15 is 0 Å². The molecule has 4 aromatic rings. The van der Waals surface area contributed by atoms with Crippen LogP contribution < -0.4 is 9.64 Å². The Balaban J connectivity index is 1.57. The zero-order valence-corrected chi connectivity index (χ0v) is 17.7. The first-order valence-corrected chi connectivity index (χ1v) is 10.8. The monoisotopic (exact) mass is 422 g/mol. The quantitative estimate of drug-likeness (QED) is 0.443. The van der Waals surface area contributed by atoms with Gasteiger partial charge in [0, 0.05) is 17.6 Å². The van der Waals surface area contributed by atoms with Crippen LogP contribution in [0.3, 0.4) is 0 Å². The van der Waals surface area contributed by atoms with Crippen LogP contribution in [-0.4, -0.2) is 37.3 Å². The fourth-order valence-corrected chi connectivity index (χ4v) is 4.84. The van der Waals surface area contributed by atoms with Crippen molar-refractivity contribution in [3.63, 3.8) is 0 Å². The number of carbonyl (C=O) groups is 1. The van der Waals surface area contributed by atoms with Gasteiger partial charge in [-0.2, -0.15) is 0 Å². The Morgan fingerprint density at radius 1 is 1.30 bits per heavy atom. The minimum absolute atomic E-state index is 0.00532. The third-order valence-electron chi connectivity index (χ3n) is 5.51. The molecule has 1 atom stereocenters. The van der Waals surface area contributed by atoms with E-state index in [1.165, 1.54) is 11.3 Å². The molecule has 2 aromatic carbocycles. The molecule has 154 valence electrons. The maximum atomic E-state index is 13.7. The van der Waals surface area contributed by atoms with Crippen LogP contribution in [-0.2, 0) is 4.74 Å². The third-order valence-corrected chi connectivity index (χ3v) is 6.57. The van der Waals surface area contributed by atoms with Crippen LogP contribution in [0.4, 0.5) is 5.13 Å². The van der Waals surface area contributed by atoms with Crippen LogP contribution >= 0.6 is 11.3 Å². The average Bonchev–Trinajstić information content (AvgIpc) is 3.50. The van der Waals surface area contributed by atoms with Crippen molar-refractivity contribution < 1.29 is 18.7 Å². The van der Waals surface area contributed by atoms with Crippen LogP contribution in [0.25, 0.3) is 21.2 Å². The van der Waals surface area contributed by atoms with Gasteiger partial charge in [0.15, 0.2) is 10.9 Å². The molecule has 3 heterocycles. The number of hydrogen-bond donors (Lipinski definition) is 0. The van der Waals surface area contributed by atoms with E-state index in [0.29, 0.717) is 23.0 Å². The standard InChI is InChI=1S/C23H22N2O4S/c1-14-17-12-15(27-2)9-10-19(17)29-21(14)22(26)25(13-16-6-5-11-28-16)23-24-18-7-3-4-8-20(18)30-23/h3-4,7-10,12,16H,5-6,11,13H2,1-2H3. The molecule has 7 heteroatoms. The summed E-state index contributed by atoms with van der Waals surface area (Å²) < 4.78 is 18.2. The number of hydrogen-bond acceptors (Lipinski definition) is 6. The lowest BCUT2D eigenvalue weighted by atomic mass is 10.1. The number of methoxy groups -OCH3 is 1. The van der Waals surface area contributed by atoms with Crippen molar-refractivity contribution in [3.05, 3.63) is 53.8 Å². The Morgan fingerprint density at radius 2 is 2.17 bits per heavy atom. The van der Waals surface area contributed by atoms with E-state index < -0.39 is 0 Å². The van der Waals surface area contributed by atoms with Crippen molar-refractivity contribution in [1.82, 2.24) is 4.98 Å². The molecule has 2 aromatic heterocycles. The molecular weight excluding hydrogens is 400 g/mol. The van der Waals surface area contributed by atoms with Gasteiger partial charge < -0.3 is 13.9 Å². The van der Waals surface area contributed by atoms with E-state index in [-0.39, 0.29) is 12.0 Å². The minimum Gasteiger partial charge on any atom is -0.497 e. The predicted octanol–water partition coefficient (Wildman–Crippen LogP) is 5.19. The first-order valence-electron chi connectivity index (χ1n) is 10.00. The molecule has 0 radical (unpaired) electrons. The Bertz CT molecular complexity index is 1190. The van der Waals surface area contributed by atoms with Crippen molar-refractivity contribution >= 4 is 43.6 Å². The number of nitrogens with zero attached hydrogens (tertiary/aromatic N) is 2.